The van der Waals surface area contributed by atoms with Crippen molar-refractivity contribution >= 4 is 43.1 Å². The average molecular weight is 697 g/mol. The Morgan fingerprint density at radius 3 is 1.63 bits per heavy atom. The predicted molar refractivity (Wildman–Crippen MR) is 208 cm³/mol. The summed E-state index contributed by atoms with van der Waals surface area (Å²) in [5, 5.41) is 82.1. The molecule has 8 heteroatoms. The van der Waals surface area contributed by atoms with Crippen molar-refractivity contribution in [1.29, 1.82) is 0 Å². The second-order valence-electron chi connectivity index (χ2n) is 12.6. The smallest absolute Gasteiger partial charge is 0.158 e. The lowest BCUT2D eigenvalue weighted by Gasteiger charge is -2.05. The molecule has 0 saturated carbocycles. The van der Waals surface area contributed by atoms with Gasteiger partial charge in [-0.25, -0.2) is 0 Å². The average Bonchev–Trinajstić information content (AvgIpc) is 3.11. The van der Waals surface area contributed by atoms with Crippen molar-refractivity contribution < 1.29 is 40.9 Å². The lowest BCUT2D eigenvalue weighted by molar-refractivity contribution is 0.405. The fourth-order valence-corrected chi connectivity index (χ4v) is 5.70. The molecule has 0 heterocycles. The van der Waals surface area contributed by atoms with Crippen LogP contribution in [0.4, 0.5) is 0 Å². The van der Waals surface area contributed by atoms with Gasteiger partial charge >= 0.3 is 0 Å². The van der Waals surface area contributed by atoms with Gasteiger partial charge in [0.15, 0.2) is 11.5 Å². The Bertz CT molecular complexity index is 2470. The highest BCUT2D eigenvalue weighted by Crippen LogP contribution is 2.36. The van der Waals surface area contributed by atoms with E-state index in [1.807, 2.05) is 68.4 Å². The highest BCUT2D eigenvalue weighted by Gasteiger charge is 2.08. The topological polar surface area (TPSA) is 162 Å². The van der Waals surface area contributed by atoms with E-state index in [0.717, 1.165) is 43.6 Å². The minimum atomic E-state index is -0.0728. The van der Waals surface area contributed by atoms with E-state index in [1.54, 1.807) is 80.6 Å². The van der Waals surface area contributed by atoms with Gasteiger partial charge in [0.1, 0.15) is 34.5 Å². The summed E-state index contributed by atoms with van der Waals surface area (Å²) in [4.78, 5) is 0. The minimum absolute atomic E-state index is 0.0712. The van der Waals surface area contributed by atoms with Crippen LogP contribution in [-0.4, -0.2) is 40.9 Å². The molecule has 0 unspecified atom stereocenters. The standard InChI is InChI=1S/4C11H10O2/c1-7-4-9-5-10(12)3-2-8(9)6-11(7)13;1-7-2-3-8-5-10(12)11(13)6-9(8)4-7;1-7-5-6-8-3-2-4-9(12)10(8)11(7)13;1-7-6-10(12)8-4-2-3-5-9(8)11(7)13/h4*2-6,12-13H,1H3. The van der Waals surface area contributed by atoms with Crippen molar-refractivity contribution in [2.24, 2.45) is 0 Å². The minimum Gasteiger partial charge on any atom is -0.508 e. The number of hydrogen-bond acceptors (Lipinski definition) is 8. The Morgan fingerprint density at radius 1 is 0.327 bits per heavy atom. The van der Waals surface area contributed by atoms with Gasteiger partial charge in [0.2, 0.25) is 0 Å². The van der Waals surface area contributed by atoms with Crippen molar-refractivity contribution in [2.75, 3.05) is 0 Å². The fraction of sp³-hybridized carbons (Fsp3) is 0.0909. The first-order valence-electron chi connectivity index (χ1n) is 16.4. The molecule has 0 aliphatic rings. The molecule has 0 aliphatic heterocycles. The summed E-state index contributed by atoms with van der Waals surface area (Å²) >= 11 is 0. The Labute approximate surface area is 300 Å². The highest BCUT2D eigenvalue weighted by molar-refractivity contribution is 5.95. The molecule has 0 fully saturated rings. The molecular formula is C44H40O8. The summed E-state index contributed by atoms with van der Waals surface area (Å²) in [6.07, 6.45) is 0. The van der Waals surface area contributed by atoms with E-state index >= 15 is 0 Å². The van der Waals surface area contributed by atoms with Gasteiger partial charge in [-0.15, -0.1) is 0 Å². The fourth-order valence-electron chi connectivity index (χ4n) is 5.70. The molecule has 0 spiro atoms. The Hall–Kier alpha value is -6.80. The number of phenolic OH excluding ortho intramolecular Hbond substituents is 8. The van der Waals surface area contributed by atoms with Gasteiger partial charge in [-0.05, 0) is 120 Å². The van der Waals surface area contributed by atoms with Gasteiger partial charge in [0.05, 0.1) is 5.39 Å². The van der Waals surface area contributed by atoms with Gasteiger partial charge in [-0.1, -0.05) is 78.4 Å². The number of rotatable bonds is 0. The first kappa shape index (κ1) is 36.5. The number of benzene rings is 8. The molecule has 0 aromatic heterocycles. The third kappa shape index (κ3) is 8.14. The van der Waals surface area contributed by atoms with Crippen LogP contribution in [0.1, 0.15) is 22.3 Å². The van der Waals surface area contributed by atoms with Crippen molar-refractivity contribution in [3.8, 4) is 46.0 Å². The van der Waals surface area contributed by atoms with Gasteiger partial charge in [-0.2, -0.15) is 0 Å². The van der Waals surface area contributed by atoms with Gasteiger partial charge in [0, 0.05) is 10.8 Å². The molecule has 52 heavy (non-hydrogen) atoms. The Morgan fingerprint density at radius 2 is 0.923 bits per heavy atom. The Balaban J connectivity index is 0.000000134. The number of fused-ring (bicyclic) bond motifs is 4. The second kappa shape index (κ2) is 15.4. The molecule has 0 bridgehead atoms. The SMILES string of the molecule is Cc1cc(O)c2ccccc2c1O.Cc1cc2cc(O)ccc2cc1O.Cc1ccc2cc(O)c(O)cc2c1.Cc1ccc2cccc(O)c2c1O. The molecule has 0 saturated heterocycles. The molecule has 8 N–H and O–H groups in total. The molecule has 264 valence electrons. The van der Waals surface area contributed by atoms with Gasteiger partial charge in [-0.3, -0.25) is 0 Å². The van der Waals surface area contributed by atoms with Crippen LogP contribution in [0.3, 0.4) is 0 Å². The molecule has 0 aliphatic carbocycles. The predicted octanol–water partition coefficient (Wildman–Crippen LogP) is 10.2. The van der Waals surface area contributed by atoms with Crippen LogP contribution in [0.15, 0.2) is 121 Å². The van der Waals surface area contributed by atoms with Crippen LogP contribution in [0, 0.1) is 27.7 Å². The number of aryl methyl sites for hydroxylation is 4. The van der Waals surface area contributed by atoms with Crippen LogP contribution in [-0.2, 0) is 0 Å². The zero-order chi connectivity index (χ0) is 37.7. The van der Waals surface area contributed by atoms with Crippen LogP contribution in [0.25, 0.3) is 43.1 Å². The number of hydrogen-bond donors (Lipinski definition) is 8. The zero-order valence-corrected chi connectivity index (χ0v) is 29.1. The molecule has 8 rings (SSSR count). The maximum atomic E-state index is 9.68. The summed E-state index contributed by atoms with van der Waals surface area (Å²) in [7, 11) is 0. The molecule has 8 aromatic carbocycles. The quantitative estimate of drug-likeness (QED) is 0.0574. The molecule has 8 nitrogen and oxygen atoms in total. The van der Waals surface area contributed by atoms with Gasteiger partial charge < -0.3 is 40.9 Å². The highest BCUT2D eigenvalue weighted by atomic mass is 16.3. The van der Waals surface area contributed by atoms with E-state index < -0.39 is 0 Å². The summed E-state index contributed by atoms with van der Waals surface area (Å²) in [6, 6.07) is 35.3. The molecule has 0 amide bonds. The number of aromatic hydroxyl groups is 8. The molecule has 8 aromatic rings. The third-order valence-electron chi connectivity index (χ3n) is 8.61. The molecular weight excluding hydrogens is 656 g/mol. The molecule has 0 atom stereocenters. The largest absolute Gasteiger partial charge is 0.508 e. The number of phenols is 8. The van der Waals surface area contributed by atoms with E-state index in [1.165, 1.54) is 0 Å². The normalized spacial score (nSPS) is 10.5. The lowest BCUT2D eigenvalue weighted by atomic mass is 10.1. The maximum absolute atomic E-state index is 9.68. The maximum Gasteiger partial charge on any atom is 0.158 e. The molecule has 0 radical (unpaired) electrons. The second-order valence-corrected chi connectivity index (χ2v) is 12.6. The lowest BCUT2D eigenvalue weighted by Crippen LogP contribution is -1.79. The van der Waals surface area contributed by atoms with E-state index in [9.17, 15) is 40.9 Å². The van der Waals surface area contributed by atoms with E-state index in [4.69, 9.17) is 0 Å². The first-order chi connectivity index (χ1) is 24.7. The van der Waals surface area contributed by atoms with Crippen LogP contribution < -0.4 is 0 Å². The monoisotopic (exact) mass is 696 g/mol. The first-order valence-corrected chi connectivity index (χ1v) is 16.4. The zero-order valence-electron chi connectivity index (χ0n) is 29.1. The van der Waals surface area contributed by atoms with E-state index in [2.05, 4.69) is 0 Å². The van der Waals surface area contributed by atoms with Crippen molar-refractivity contribution in [3.05, 3.63) is 144 Å². The van der Waals surface area contributed by atoms with Crippen molar-refractivity contribution in [1.82, 2.24) is 0 Å². The summed E-state index contributed by atoms with van der Waals surface area (Å²) in [6.45, 7) is 7.39. The van der Waals surface area contributed by atoms with E-state index in [-0.39, 0.29) is 46.0 Å². The Kier molecular flexibility index (Phi) is 10.8. The van der Waals surface area contributed by atoms with Crippen LogP contribution in [0.5, 0.6) is 46.0 Å². The van der Waals surface area contributed by atoms with E-state index in [0.29, 0.717) is 21.7 Å². The third-order valence-corrected chi connectivity index (χ3v) is 8.61. The summed E-state index contributed by atoms with van der Waals surface area (Å²) < 4.78 is 0. The van der Waals surface area contributed by atoms with Crippen LogP contribution >= 0.6 is 0 Å². The van der Waals surface area contributed by atoms with Crippen molar-refractivity contribution in [2.45, 2.75) is 27.7 Å². The summed E-state index contributed by atoms with van der Waals surface area (Å²) in [5.41, 5.74) is 3.42. The summed E-state index contributed by atoms with van der Waals surface area (Å²) in [5.74, 6) is 1.14. The van der Waals surface area contributed by atoms with Gasteiger partial charge in [0.25, 0.3) is 0 Å². The van der Waals surface area contributed by atoms with Crippen molar-refractivity contribution in [3.63, 3.8) is 0 Å². The van der Waals surface area contributed by atoms with Crippen LogP contribution in [0.2, 0.25) is 0 Å².